The Morgan fingerprint density at radius 2 is 1.53 bits per heavy atom. The predicted molar refractivity (Wildman–Crippen MR) is 119 cm³/mol. The van der Waals surface area contributed by atoms with Crippen molar-refractivity contribution in [1.29, 1.82) is 0 Å². The molecule has 0 N–H and O–H groups in total. The number of hydrogen-bond acceptors (Lipinski definition) is 0. The summed E-state index contributed by atoms with van der Waals surface area (Å²) in [6, 6.07) is 10.7. The Hall–Kier alpha value is -2.14. The molecule has 158 valence electrons. The van der Waals surface area contributed by atoms with Crippen molar-refractivity contribution in [2.45, 2.75) is 71.1 Å². The van der Waals surface area contributed by atoms with Gasteiger partial charge in [0, 0.05) is 5.56 Å². The molecule has 2 aromatic carbocycles. The number of fused-ring (bicyclic) bond motifs is 1. The molecule has 0 heterocycles. The van der Waals surface area contributed by atoms with Crippen molar-refractivity contribution < 1.29 is 8.78 Å². The highest BCUT2D eigenvalue weighted by atomic mass is 19.1. The molecule has 4 atom stereocenters. The summed E-state index contributed by atoms with van der Waals surface area (Å²) in [5.41, 5.74) is 2.60. The molecule has 2 aliphatic carbocycles. The summed E-state index contributed by atoms with van der Waals surface area (Å²) in [5.74, 6) is 7.26. The van der Waals surface area contributed by atoms with Gasteiger partial charge >= 0.3 is 0 Å². The molecule has 0 aromatic heterocycles. The highest BCUT2D eigenvalue weighted by Crippen LogP contribution is 2.48. The van der Waals surface area contributed by atoms with Gasteiger partial charge in [-0.3, -0.25) is 0 Å². The second kappa shape index (κ2) is 9.34. The fourth-order valence-electron chi connectivity index (χ4n) is 5.68. The number of benzene rings is 2. The SMILES string of the molecule is CCCC1CCC2CC(c3cc(F)c(C#Cc4ccc(C)cc4)c(F)c3)CCC2C1. The molecule has 2 heteroatoms. The number of aryl methyl sites for hydroxylation is 1. The largest absolute Gasteiger partial charge is 0.206 e. The van der Waals surface area contributed by atoms with Crippen LogP contribution in [-0.2, 0) is 0 Å². The van der Waals surface area contributed by atoms with Crippen LogP contribution in [0.4, 0.5) is 8.78 Å². The first-order valence-corrected chi connectivity index (χ1v) is 11.6. The van der Waals surface area contributed by atoms with Crippen LogP contribution in [0, 0.1) is 48.2 Å². The summed E-state index contributed by atoms with van der Waals surface area (Å²) in [6.07, 6.45) is 9.95. The van der Waals surface area contributed by atoms with Crippen LogP contribution >= 0.6 is 0 Å². The quantitative estimate of drug-likeness (QED) is 0.457. The van der Waals surface area contributed by atoms with E-state index in [1.54, 1.807) is 0 Å². The van der Waals surface area contributed by atoms with Gasteiger partial charge in [-0.1, -0.05) is 55.7 Å². The first-order valence-electron chi connectivity index (χ1n) is 11.6. The summed E-state index contributed by atoms with van der Waals surface area (Å²) in [5, 5.41) is 0. The Labute approximate surface area is 180 Å². The van der Waals surface area contributed by atoms with Crippen molar-refractivity contribution in [3.05, 3.63) is 70.3 Å². The first-order chi connectivity index (χ1) is 14.5. The van der Waals surface area contributed by atoms with Crippen molar-refractivity contribution in [2.24, 2.45) is 17.8 Å². The molecule has 30 heavy (non-hydrogen) atoms. The van der Waals surface area contributed by atoms with E-state index in [-0.39, 0.29) is 11.5 Å². The number of rotatable bonds is 3. The van der Waals surface area contributed by atoms with Gasteiger partial charge in [0.15, 0.2) is 0 Å². The smallest absolute Gasteiger partial charge is 0.142 e. The number of halogens is 2. The topological polar surface area (TPSA) is 0 Å². The van der Waals surface area contributed by atoms with Crippen LogP contribution in [0.25, 0.3) is 0 Å². The van der Waals surface area contributed by atoms with Gasteiger partial charge in [-0.05, 0) is 92.5 Å². The molecule has 0 spiro atoms. The maximum atomic E-state index is 14.8. The van der Waals surface area contributed by atoms with Crippen molar-refractivity contribution in [1.82, 2.24) is 0 Å². The van der Waals surface area contributed by atoms with E-state index in [1.807, 2.05) is 31.2 Å². The zero-order valence-electron chi connectivity index (χ0n) is 18.2. The fourth-order valence-corrected chi connectivity index (χ4v) is 5.68. The van der Waals surface area contributed by atoms with Crippen LogP contribution < -0.4 is 0 Å². The first kappa shape index (κ1) is 21.1. The molecule has 2 aliphatic rings. The molecule has 0 saturated heterocycles. The molecule has 2 fully saturated rings. The van der Waals surface area contributed by atoms with Gasteiger partial charge in [-0.15, -0.1) is 0 Å². The number of hydrogen-bond donors (Lipinski definition) is 0. The van der Waals surface area contributed by atoms with Crippen molar-refractivity contribution in [3.63, 3.8) is 0 Å². The maximum absolute atomic E-state index is 14.8. The molecular weight excluding hydrogens is 374 g/mol. The zero-order chi connectivity index (χ0) is 21.1. The average Bonchev–Trinajstić information content (AvgIpc) is 2.74. The highest BCUT2D eigenvalue weighted by molar-refractivity contribution is 5.46. The molecule has 0 radical (unpaired) electrons. The van der Waals surface area contributed by atoms with Crippen LogP contribution in [0.2, 0.25) is 0 Å². The highest BCUT2D eigenvalue weighted by Gasteiger charge is 2.36. The third kappa shape index (κ3) is 4.77. The second-order valence-corrected chi connectivity index (χ2v) is 9.47. The maximum Gasteiger partial charge on any atom is 0.142 e. The van der Waals surface area contributed by atoms with E-state index in [4.69, 9.17) is 0 Å². The van der Waals surface area contributed by atoms with Gasteiger partial charge in [0.25, 0.3) is 0 Å². The van der Waals surface area contributed by atoms with Crippen molar-refractivity contribution in [2.75, 3.05) is 0 Å². The van der Waals surface area contributed by atoms with E-state index in [0.717, 1.165) is 47.3 Å². The van der Waals surface area contributed by atoms with Gasteiger partial charge in [0.2, 0.25) is 0 Å². The molecule has 2 aromatic rings. The van der Waals surface area contributed by atoms with Crippen LogP contribution in [0.3, 0.4) is 0 Å². The van der Waals surface area contributed by atoms with Gasteiger partial charge in [-0.2, -0.15) is 0 Å². The summed E-state index contributed by atoms with van der Waals surface area (Å²) in [7, 11) is 0. The Bertz CT molecular complexity index is 908. The molecule has 0 amide bonds. The van der Waals surface area contributed by atoms with E-state index in [2.05, 4.69) is 18.8 Å². The summed E-state index contributed by atoms with van der Waals surface area (Å²) >= 11 is 0. The van der Waals surface area contributed by atoms with E-state index >= 15 is 0 Å². The minimum atomic E-state index is -0.529. The lowest BCUT2D eigenvalue weighted by Gasteiger charge is -2.42. The second-order valence-electron chi connectivity index (χ2n) is 9.47. The van der Waals surface area contributed by atoms with E-state index in [9.17, 15) is 8.78 Å². The lowest BCUT2D eigenvalue weighted by molar-refractivity contribution is 0.114. The van der Waals surface area contributed by atoms with Gasteiger partial charge in [0.1, 0.15) is 11.6 Å². The minimum absolute atomic E-state index is 0.118. The van der Waals surface area contributed by atoms with Crippen LogP contribution in [0.1, 0.15) is 86.5 Å². The third-order valence-corrected chi connectivity index (χ3v) is 7.34. The normalized spacial score (nSPS) is 25.9. The molecule has 4 rings (SSSR count). The standard InChI is InChI=1S/C28H32F2/c1-3-4-21-9-11-23-16-24(13-12-22(23)15-21)25-17-27(29)26(28(30)18-25)14-10-20-7-5-19(2)6-8-20/h5-8,17-18,21-24H,3-4,9,11-13,15-16H2,1-2H3. The van der Waals surface area contributed by atoms with E-state index < -0.39 is 11.6 Å². The Kier molecular flexibility index (Phi) is 6.57. The summed E-state index contributed by atoms with van der Waals surface area (Å²) in [4.78, 5) is 0. The van der Waals surface area contributed by atoms with Crippen molar-refractivity contribution in [3.8, 4) is 11.8 Å². The van der Waals surface area contributed by atoms with E-state index in [1.165, 1.54) is 50.7 Å². The molecule has 0 nitrogen and oxygen atoms in total. The molecule has 0 bridgehead atoms. The minimum Gasteiger partial charge on any atom is -0.206 e. The zero-order valence-corrected chi connectivity index (χ0v) is 18.2. The lowest BCUT2D eigenvalue weighted by Crippen LogP contribution is -2.30. The molecule has 0 aliphatic heterocycles. The van der Waals surface area contributed by atoms with Crippen LogP contribution in [0.15, 0.2) is 36.4 Å². The predicted octanol–water partition coefficient (Wildman–Crippen LogP) is 7.77. The van der Waals surface area contributed by atoms with Crippen molar-refractivity contribution >= 4 is 0 Å². The lowest BCUT2D eigenvalue weighted by atomic mass is 9.63. The van der Waals surface area contributed by atoms with Gasteiger partial charge < -0.3 is 0 Å². The Balaban J connectivity index is 1.47. The molecular formula is C28H32F2. The van der Waals surface area contributed by atoms with E-state index in [0.29, 0.717) is 0 Å². The van der Waals surface area contributed by atoms with Gasteiger partial charge in [0.05, 0.1) is 5.56 Å². The average molecular weight is 407 g/mol. The van der Waals surface area contributed by atoms with Gasteiger partial charge in [-0.25, -0.2) is 8.78 Å². The monoisotopic (exact) mass is 406 g/mol. The summed E-state index contributed by atoms with van der Waals surface area (Å²) < 4.78 is 29.5. The Morgan fingerprint density at radius 1 is 0.867 bits per heavy atom. The fraction of sp³-hybridized carbons (Fsp3) is 0.500. The Morgan fingerprint density at radius 3 is 2.23 bits per heavy atom. The summed E-state index contributed by atoms with van der Waals surface area (Å²) in [6.45, 7) is 4.28. The molecule has 4 unspecified atom stereocenters. The van der Waals surface area contributed by atoms with Crippen LogP contribution in [0.5, 0.6) is 0 Å². The molecule has 2 saturated carbocycles. The van der Waals surface area contributed by atoms with Crippen LogP contribution in [-0.4, -0.2) is 0 Å². The third-order valence-electron chi connectivity index (χ3n) is 7.34.